The standard InChI is InChI=1S/C5H10N4.C5H9N/c1-4(2)3-5-6-8-9-7-5;1-5(2)3-4-6/h4H,3H2,1-2H3,(H,6,7,8,9);5H,3H2,1-2H3. The van der Waals surface area contributed by atoms with Crippen molar-refractivity contribution >= 4 is 0 Å². The maximum Gasteiger partial charge on any atom is 0.174 e. The van der Waals surface area contributed by atoms with Gasteiger partial charge >= 0.3 is 0 Å². The van der Waals surface area contributed by atoms with E-state index in [2.05, 4.69) is 40.5 Å². The maximum atomic E-state index is 7.99. The molecule has 0 spiro atoms. The smallest absolute Gasteiger partial charge is 0.174 e. The van der Waals surface area contributed by atoms with Gasteiger partial charge in [0.2, 0.25) is 0 Å². The molecular formula is C10H19N5. The van der Waals surface area contributed by atoms with Crippen LogP contribution in [0.1, 0.15) is 39.9 Å². The molecule has 0 saturated heterocycles. The number of aromatic amines is 1. The number of aromatic nitrogens is 4. The third-order valence-electron chi connectivity index (χ3n) is 1.48. The van der Waals surface area contributed by atoms with Crippen LogP contribution in [-0.2, 0) is 6.42 Å². The molecule has 1 aromatic rings. The van der Waals surface area contributed by atoms with Gasteiger partial charge in [0, 0.05) is 12.8 Å². The van der Waals surface area contributed by atoms with Crippen molar-refractivity contribution in [1.29, 1.82) is 5.26 Å². The predicted molar refractivity (Wildman–Crippen MR) is 57.8 cm³/mol. The van der Waals surface area contributed by atoms with Gasteiger partial charge in [0.05, 0.1) is 6.07 Å². The molecule has 1 heterocycles. The minimum Gasteiger partial charge on any atom is -0.198 e. The normalized spacial score (nSPS) is 9.67. The Balaban J connectivity index is 0.000000288. The summed E-state index contributed by atoms with van der Waals surface area (Å²) in [6.45, 7) is 8.30. The highest BCUT2D eigenvalue weighted by molar-refractivity contribution is 4.76. The molecule has 0 bridgehead atoms. The van der Waals surface area contributed by atoms with Crippen molar-refractivity contribution in [3.05, 3.63) is 5.82 Å². The summed E-state index contributed by atoms with van der Waals surface area (Å²) >= 11 is 0. The SMILES string of the molecule is CC(C)CC#N.CC(C)Cc1nn[nH]n1. The topological polar surface area (TPSA) is 78.2 Å². The number of tetrazole rings is 1. The average Bonchev–Trinajstić information content (AvgIpc) is 2.56. The molecule has 0 unspecified atom stereocenters. The van der Waals surface area contributed by atoms with E-state index in [0.717, 1.165) is 12.2 Å². The lowest BCUT2D eigenvalue weighted by Crippen LogP contribution is -1.95. The van der Waals surface area contributed by atoms with Crippen LogP contribution in [0.15, 0.2) is 0 Å². The lowest BCUT2D eigenvalue weighted by molar-refractivity contribution is 0.621. The molecule has 84 valence electrons. The van der Waals surface area contributed by atoms with Gasteiger partial charge in [-0.05, 0) is 11.8 Å². The van der Waals surface area contributed by atoms with Crippen LogP contribution in [0.4, 0.5) is 0 Å². The second-order valence-electron chi connectivity index (χ2n) is 4.18. The van der Waals surface area contributed by atoms with Crippen molar-refractivity contribution in [3.8, 4) is 6.07 Å². The largest absolute Gasteiger partial charge is 0.198 e. The summed E-state index contributed by atoms with van der Waals surface area (Å²) in [6.07, 6.45) is 1.58. The summed E-state index contributed by atoms with van der Waals surface area (Å²) in [6, 6.07) is 2.07. The summed E-state index contributed by atoms with van der Waals surface area (Å²) in [5.74, 6) is 1.93. The van der Waals surface area contributed by atoms with Crippen molar-refractivity contribution < 1.29 is 0 Å². The molecule has 0 aliphatic heterocycles. The molecule has 5 heteroatoms. The second-order valence-corrected chi connectivity index (χ2v) is 4.18. The third-order valence-corrected chi connectivity index (χ3v) is 1.48. The molecule has 0 saturated carbocycles. The van der Waals surface area contributed by atoms with Gasteiger partial charge in [-0.2, -0.15) is 10.5 Å². The Morgan fingerprint density at radius 3 is 2.20 bits per heavy atom. The van der Waals surface area contributed by atoms with Crippen LogP contribution in [-0.4, -0.2) is 20.6 Å². The van der Waals surface area contributed by atoms with E-state index in [1.165, 1.54) is 0 Å². The van der Waals surface area contributed by atoms with Crippen LogP contribution in [0, 0.1) is 23.2 Å². The molecule has 0 fully saturated rings. The number of hydrogen-bond acceptors (Lipinski definition) is 4. The van der Waals surface area contributed by atoms with Crippen molar-refractivity contribution in [1.82, 2.24) is 20.6 Å². The van der Waals surface area contributed by atoms with E-state index < -0.39 is 0 Å². The molecule has 1 aromatic heterocycles. The molecule has 0 aliphatic carbocycles. The van der Waals surface area contributed by atoms with Gasteiger partial charge in [-0.3, -0.25) is 0 Å². The molecule has 0 aliphatic rings. The van der Waals surface area contributed by atoms with E-state index in [-0.39, 0.29) is 0 Å². The Kier molecular flexibility index (Phi) is 7.16. The monoisotopic (exact) mass is 209 g/mol. The van der Waals surface area contributed by atoms with E-state index in [9.17, 15) is 0 Å². The van der Waals surface area contributed by atoms with E-state index in [1.54, 1.807) is 0 Å². The van der Waals surface area contributed by atoms with Crippen molar-refractivity contribution in [2.45, 2.75) is 40.5 Å². The summed E-state index contributed by atoms with van der Waals surface area (Å²) in [4.78, 5) is 0. The zero-order chi connectivity index (χ0) is 11.7. The fourth-order valence-corrected chi connectivity index (χ4v) is 0.817. The van der Waals surface area contributed by atoms with Gasteiger partial charge in [0.1, 0.15) is 0 Å². The first-order chi connectivity index (χ1) is 7.06. The lowest BCUT2D eigenvalue weighted by atomic mass is 10.1. The Labute approximate surface area is 90.9 Å². The molecule has 1 rings (SSSR count). The van der Waals surface area contributed by atoms with Crippen LogP contribution in [0.5, 0.6) is 0 Å². The predicted octanol–water partition coefficient (Wildman–Crippen LogP) is 1.95. The van der Waals surface area contributed by atoms with Gasteiger partial charge in [-0.25, -0.2) is 0 Å². The fraction of sp³-hybridized carbons (Fsp3) is 0.800. The second kappa shape index (κ2) is 7.92. The zero-order valence-electron chi connectivity index (χ0n) is 9.86. The number of H-pyrrole nitrogens is 1. The van der Waals surface area contributed by atoms with Crippen LogP contribution in [0.3, 0.4) is 0 Å². The summed E-state index contributed by atoms with van der Waals surface area (Å²) < 4.78 is 0. The minimum atomic E-state index is 0.537. The van der Waals surface area contributed by atoms with E-state index in [1.807, 2.05) is 13.8 Å². The molecule has 1 N–H and O–H groups in total. The third kappa shape index (κ3) is 8.88. The highest BCUT2D eigenvalue weighted by atomic mass is 15.5. The van der Waals surface area contributed by atoms with Crippen LogP contribution in [0.2, 0.25) is 0 Å². The van der Waals surface area contributed by atoms with Gasteiger partial charge in [-0.15, -0.1) is 10.2 Å². The van der Waals surface area contributed by atoms with Crippen LogP contribution >= 0.6 is 0 Å². The fourth-order valence-electron chi connectivity index (χ4n) is 0.817. The van der Waals surface area contributed by atoms with E-state index in [0.29, 0.717) is 18.3 Å². The number of nitrogens with zero attached hydrogens (tertiary/aromatic N) is 4. The highest BCUT2D eigenvalue weighted by Crippen LogP contribution is 1.98. The first-order valence-electron chi connectivity index (χ1n) is 5.15. The summed E-state index contributed by atoms with van der Waals surface area (Å²) in [7, 11) is 0. The van der Waals surface area contributed by atoms with E-state index in [4.69, 9.17) is 5.26 Å². The van der Waals surface area contributed by atoms with Crippen molar-refractivity contribution in [3.63, 3.8) is 0 Å². The molecule has 0 aromatic carbocycles. The zero-order valence-corrected chi connectivity index (χ0v) is 9.86. The first-order valence-corrected chi connectivity index (χ1v) is 5.15. The Morgan fingerprint density at radius 1 is 1.27 bits per heavy atom. The highest BCUT2D eigenvalue weighted by Gasteiger charge is 1.99. The van der Waals surface area contributed by atoms with Crippen LogP contribution < -0.4 is 0 Å². The minimum absolute atomic E-state index is 0.537. The molecule has 0 radical (unpaired) electrons. The molecular weight excluding hydrogens is 190 g/mol. The van der Waals surface area contributed by atoms with E-state index >= 15 is 0 Å². The molecule has 0 amide bonds. The summed E-state index contributed by atoms with van der Waals surface area (Å²) in [5.41, 5.74) is 0. The quantitative estimate of drug-likeness (QED) is 0.825. The molecule has 0 atom stereocenters. The number of hydrogen-bond donors (Lipinski definition) is 1. The molecule has 15 heavy (non-hydrogen) atoms. The Bertz CT molecular complexity index is 271. The first kappa shape index (κ1) is 13.6. The summed E-state index contributed by atoms with van der Waals surface area (Å²) in [5, 5.41) is 21.4. The number of nitrogens with one attached hydrogen (secondary N) is 1. The van der Waals surface area contributed by atoms with Gasteiger partial charge in [-0.1, -0.05) is 32.9 Å². The average molecular weight is 209 g/mol. The molecule has 5 nitrogen and oxygen atoms in total. The van der Waals surface area contributed by atoms with Crippen molar-refractivity contribution in [2.75, 3.05) is 0 Å². The van der Waals surface area contributed by atoms with Crippen LogP contribution in [0.25, 0.3) is 0 Å². The van der Waals surface area contributed by atoms with Crippen molar-refractivity contribution in [2.24, 2.45) is 11.8 Å². The Morgan fingerprint density at radius 2 is 1.93 bits per heavy atom. The Hall–Kier alpha value is -1.44. The number of nitriles is 1. The van der Waals surface area contributed by atoms with Gasteiger partial charge in [0.15, 0.2) is 5.82 Å². The number of rotatable bonds is 3. The maximum absolute atomic E-state index is 7.99. The van der Waals surface area contributed by atoms with Gasteiger partial charge in [0.25, 0.3) is 0 Å². The lowest BCUT2D eigenvalue weighted by Gasteiger charge is -1.95. The van der Waals surface area contributed by atoms with Gasteiger partial charge < -0.3 is 0 Å².